The van der Waals surface area contributed by atoms with E-state index in [-0.39, 0.29) is 0 Å². The lowest BCUT2D eigenvalue weighted by atomic mass is 9.92. The maximum atomic E-state index is 4.68. The Balaban J connectivity index is 1.45. The maximum Gasteiger partial charge on any atom is 0.140 e. The van der Waals surface area contributed by atoms with E-state index >= 15 is 0 Å². The molecule has 1 aromatic carbocycles. The molecule has 0 N–H and O–H groups in total. The van der Waals surface area contributed by atoms with E-state index in [1.54, 1.807) is 0 Å². The van der Waals surface area contributed by atoms with Crippen LogP contribution in [-0.2, 0) is 13.1 Å². The van der Waals surface area contributed by atoms with Gasteiger partial charge in [-0.2, -0.15) is 0 Å². The zero-order valence-corrected chi connectivity index (χ0v) is 15.7. The summed E-state index contributed by atoms with van der Waals surface area (Å²) in [7, 11) is 0. The second-order valence-corrected chi connectivity index (χ2v) is 7.29. The molecule has 0 saturated heterocycles. The van der Waals surface area contributed by atoms with Crippen LogP contribution in [0, 0.1) is 0 Å². The number of benzene rings is 1. The van der Waals surface area contributed by atoms with E-state index in [2.05, 4.69) is 74.5 Å². The van der Waals surface area contributed by atoms with Crippen LogP contribution in [0.15, 0.2) is 91.0 Å². The molecule has 28 heavy (non-hydrogen) atoms. The molecule has 0 amide bonds. The van der Waals surface area contributed by atoms with Crippen molar-refractivity contribution in [2.45, 2.75) is 13.1 Å². The number of anilines is 1. The zero-order chi connectivity index (χ0) is 18.8. The van der Waals surface area contributed by atoms with E-state index in [9.17, 15) is 0 Å². The molecule has 4 heteroatoms. The van der Waals surface area contributed by atoms with Crippen LogP contribution in [0.1, 0.15) is 16.7 Å². The van der Waals surface area contributed by atoms with Gasteiger partial charge in [-0.05, 0) is 40.5 Å². The van der Waals surface area contributed by atoms with E-state index in [0.717, 1.165) is 32.0 Å². The van der Waals surface area contributed by atoms with Gasteiger partial charge in [-0.15, -0.1) is 0 Å². The molecule has 0 saturated carbocycles. The lowest BCUT2D eigenvalue weighted by Gasteiger charge is -2.35. The van der Waals surface area contributed by atoms with E-state index < -0.39 is 0 Å². The summed E-state index contributed by atoms with van der Waals surface area (Å²) in [6.45, 7) is 3.63. The minimum atomic E-state index is 0.771. The lowest BCUT2D eigenvalue weighted by Crippen LogP contribution is -2.33. The molecule has 5 rings (SSSR count). The number of hydrogen-bond donors (Lipinski definition) is 0. The van der Waals surface area contributed by atoms with Crippen LogP contribution in [0.3, 0.4) is 0 Å². The first-order valence-corrected chi connectivity index (χ1v) is 9.65. The summed E-state index contributed by atoms with van der Waals surface area (Å²) < 4.78 is 0. The number of pyridine rings is 2. The van der Waals surface area contributed by atoms with Crippen LogP contribution < -0.4 is 4.90 Å². The normalized spacial score (nSPS) is 16.1. The van der Waals surface area contributed by atoms with Gasteiger partial charge in [-0.25, -0.2) is 4.98 Å². The summed E-state index contributed by atoms with van der Waals surface area (Å²) in [6, 6.07) is 19.0. The topological polar surface area (TPSA) is 32.3 Å². The van der Waals surface area contributed by atoms with E-state index in [0.29, 0.717) is 0 Å². The van der Waals surface area contributed by atoms with Crippen LogP contribution in [0.5, 0.6) is 0 Å². The van der Waals surface area contributed by atoms with Crippen molar-refractivity contribution in [1.29, 1.82) is 0 Å². The van der Waals surface area contributed by atoms with Crippen LogP contribution in [-0.4, -0.2) is 28.0 Å². The lowest BCUT2D eigenvalue weighted by molar-refractivity contribution is 0.317. The van der Waals surface area contributed by atoms with Gasteiger partial charge in [0.25, 0.3) is 0 Å². The number of aromatic nitrogens is 2. The average Bonchev–Trinajstić information content (AvgIpc) is 2.75. The molecule has 2 aliphatic rings. The summed E-state index contributed by atoms with van der Waals surface area (Å²) >= 11 is 0. The maximum absolute atomic E-state index is 4.68. The van der Waals surface area contributed by atoms with Gasteiger partial charge in [-0.1, -0.05) is 42.5 Å². The summed E-state index contributed by atoms with van der Waals surface area (Å²) in [5, 5.41) is 0. The van der Waals surface area contributed by atoms with E-state index in [4.69, 9.17) is 0 Å². The third-order valence-electron chi connectivity index (χ3n) is 5.28. The fourth-order valence-corrected chi connectivity index (χ4v) is 3.99. The highest BCUT2D eigenvalue weighted by Crippen LogP contribution is 2.38. The highest BCUT2D eigenvalue weighted by Gasteiger charge is 2.27. The quantitative estimate of drug-likeness (QED) is 0.690. The first kappa shape index (κ1) is 16.9. The second-order valence-electron chi connectivity index (χ2n) is 7.29. The van der Waals surface area contributed by atoms with Crippen molar-refractivity contribution in [2.24, 2.45) is 0 Å². The van der Waals surface area contributed by atoms with Gasteiger partial charge in [0.1, 0.15) is 5.82 Å². The Kier molecular flexibility index (Phi) is 4.47. The molecule has 4 nitrogen and oxygen atoms in total. The zero-order valence-electron chi connectivity index (χ0n) is 15.7. The van der Waals surface area contributed by atoms with E-state index in [1.807, 2.05) is 30.7 Å². The molecule has 2 aliphatic heterocycles. The summed E-state index contributed by atoms with van der Waals surface area (Å²) in [6.07, 6.45) is 10.2. The first-order chi connectivity index (χ1) is 13.9. The molecule has 138 valence electrons. The highest BCUT2D eigenvalue weighted by molar-refractivity contribution is 5.89. The summed E-state index contributed by atoms with van der Waals surface area (Å²) in [5.74, 6) is 1.03. The Bertz CT molecular complexity index is 1020. The van der Waals surface area contributed by atoms with Gasteiger partial charge in [0.05, 0.1) is 6.54 Å². The molecule has 2 aromatic heterocycles. The van der Waals surface area contributed by atoms with Crippen molar-refractivity contribution in [3.05, 3.63) is 108 Å². The van der Waals surface area contributed by atoms with Gasteiger partial charge in [0, 0.05) is 50.0 Å². The smallest absolute Gasteiger partial charge is 0.140 e. The van der Waals surface area contributed by atoms with Gasteiger partial charge in [-0.3, -0.25) is 9.88 Å². The van der Waals surface area contributed by atoms with Gasteiger partial charge < -0.3 is 4.90 Å². The van der Waals surface area contributed by atoms with E-state index in [1.165, 1.54) is 27.8 Å². The number of hydrogen-bond acceptors (Lipinski definition) is 4. The van der Waals surface area contributed by atoms with Crippen LogP contribution in [0.25, 0.3) is 5.57 Å². The molecular weight excluding hydrogens is 344 g/mol. The molecule has 0 aliphatic carbocycles. The van der Waals surface area contributed by atoms with Crippen molar-refractivity contribution in [1.82, 2.24) is 14.9 Å². The Morgan fingerprint density at radius 1 is 0.857 bits per heavy atom. The standard InChI is InChI=1S/C24H22N4/c1-2-6-19(7-3-1)15-27-13-10-22-21(17-27)18-28(16-20-8-4-11-25-14-20)24-23(22)9-5-12-26-24/h1-12,14,18H,13,15-17H2. The predicted octanol–water partition coefficient (Wildman–Crippen LogP) is 4.28. The second kappa shape index (κ2) is 7.41. The summed E-state index contributed by atoms with van der Waals surface area (Å²) in [4.78, 5) is 13.7. The predicted molar refractivity (Wildman–Crippen MR) is 112 cm³/mol. The van der Waals surface area contributed by atoms with Crippen molar-refractivity contribution in [2.75, 3.05) is 18.0 Å². The molecule has 4 heterocycles. The molecule has 0 radical (unpaired) electrons. The first-order valence-electron chi connectivity index (χ1n) is 9.65. The number of rotatable bonds is 4. The van der Waals surface area contributed by atoms with Crippen molar-refractivity contribution < 1.29 is 0 Å². The SMILES string of the molecule is C1=C2CN(Cc3ccccc3)CC=C2c2cccnc2N1Cc1cccnc1. The minimum Gasteiger partial charge on any atom is -0.328 e. The van der Waals surface area contributed by atoms with Crippen molar-refractivity contribution in [3.63, 3.8) is 0 Å². The third kappa shape index (κ3) is 3.35. The Hall–Kier alpha value is -3.24. The Morgan fingerprint density at radius 2 is 1.71 bits per heavy atom. The van der Waals surface area contributed by atoms with Crippen molar-refractivity contribution in [3.8, 4) is 0 Å². The monoisotopic (exact) mass is 366 g/mol. The van der Waals surface area contributed by atoms with Crippen molar-refractivity contribution >= 4 is 11.4 Å². The largest absolute Gasteiger partial charge is 0.328 e. The molecular formula is C24H22N4. The van der Waals surface area contributed by atoms with Gasteiger partial charge >= 0.3 is 0 Å². The van der Waals surface area contributed by atoms with Crippen LogP contribution >= 0.6 is 0 Å². The third-order valence-corrected chi connectivity index (χ3v) is 5.28. The van der Waals surface area contributed by atoms with Gasteiger partial charge in [0.2, 0.25) is 0 Å². The Morgan fingerprint density at radius 3 is 2.57 bits per heavy atom. The molecule has 0 spiro atoms. The molecule has 0 bridgehead atoms. The van der Waals surface area contributed by atoms with Gasteiger partial charge in [0.15, 0.2) is 0 Å². The van der Waals surface area contributed by atoms with Crippen LogP contribution in [0.4, 0.5) is 5.82 Å². The number of fused-ring (bicyclic) bond motifs is 3. The summed E-state index contributed by atoms with van der Waals surface area (Å²) in [5.41, 5.74) is 6.44. The van der Waals surface area contributed by atoms with Crippen LogP contribution in [0.2, 0.25) is 0 Å². The Labute approximate surface area is 165 Å². The molecule has 0 fully saturated rings. The fraction of sp³-hybridized carbons (Fsp3) is 0.167. The molecule has 0 unspecified atom stereocenters. The minimum absolute atomic E-state index is 0.771. The average molecular weight is 366 g/mol. The number of nitrogens with zero attached hydrogens (tertiary/aromatic N) is 4. The molecule has 0 atom stereocenters. The fourth-order valence-electron chi connectivity index (χ4n) is 3.99. The molecule has 3 aromatic rings. The highest BCUT2D eigenvalue weighted by atomic mass is 15.2.